The minimum Gasteiger partial charge on any atom is -0.293 e. The standard InChI is InChI=1S/C10H21N3O/c1-7-4-5-8(2)13(6-7)9(3)10(14)12-11/h7-9H,4-6,11H2,1-3H3,(H,12,14). The maximum Gasteiger partial charge on any atom is 0.250 e. The van der Waals surface area contributed by atoms with Crippen molar-refractivity contribution in [3.05, 3.63) is 0 Å². The largest absolute Gasteiger partial charge is 0.293 e. The van der Waals surface area contributed by atoms with Crippen molar-refractivity contribution in [1.29, 1.82) is 0 Å². The van der Waals surface area contributed by atoms with Gasteiger partial charge in [0, 0.05) is 12.6 Å². The Bertz CT molecular complexity index is 208. The van der Waals surface area contributed by atoms with E-state index in [0.717, 1.165) is 6.54 Å². The Morgan fingerprint density at radius 3 is 2.71 bits per heavy atom. The minimum absolute atomic E-state index is 0.0917. The van der Waals surface area contributed by atoms with E-state index in [4.69, 9.17) is 5.84 Å². The maximum absolute atomic E-state index is 11.4. The molecule has 3 N–H and O–H groups in total. The van der Waals surface area contributed by atoms with Gasteiger partial charge in [-0.05, 0) is 32.6 Å². The van der Waals surface area contributed by atoms with Gasteiger partial charge in [-0.15, -0.1) is 0 Å². The fourth-order valence-corrected chi connectivity index (χ4v) is 2.13. The highest BCUT2D eigenvalue weighted by Crippen LogP contribution is 2.23. The maximum atomic E-state index is 11.4. The van der Waals surface area contributed by atoms with E-state index in [1.807, 2.05) is 6.92 Å². The number of carbonyl (C=O) groups excluding carboxylic acids is 1. The van der Waals surface area contributed by atoms with Gasteiger partial charge in [0.25, 0.3) is 5.91 Å². The number of hydrogen-bond acceptors (Lipinski definition) is 3. The Kier molecular flexibility index (Phi) is 3.89. The number of likely N-dealkylation sites (tertiary alicyclic amines) is 1. The number of piperidine rings is 1. The Morgan fingerprint density at radius 2 is 2.14 bits per heavy atom. The number of nitrogens with two attached hydrogens (primary N) is 1. The van der Waals surface area contributed by atoms with E-state index in [1.165, 1.54) is 12.8 Å². The molecule has 3 unspecified atom stereocenters. The SMILES string of the molecule is CC1CCC(C)N(C(C)C(=O)NN)C1. The summed E-state index contributed by atoms with van der Waals surface area (Å²) in [5.74, 6) is 5.72. The number of nitrogens with zero attached hydrogens (tertiary/aromatic N) is 1. The molecule has 1 rings (SSSR count). The van der Waals surface area contributed by atoms with Gasteiger partial charge in [-0.2, -0.15) is 0 Å². The molecule has 0 saturated carbocycles. The molecule has 0 aromatic heterocycles. The zero-order valence-electron chi connectivity index (χ0n) is 9.29. The second-order valence-corrected chi connectivity index (χ2v) is 4.41. The first-order chi connectivity index (χ1) is 6.56. The Morgan fingerprint density at radius 1 is 1.50 bits per heavy atom. The van der Waals surface area contributed by atoms with E-state index in [9.17, 15) is 4.79 Å². The zero-order chi connectivity index (χ0) is 10.7. The molecule has 1 amide bonds. The first kappa shape index (κ1) is 11.5. The monoisotopic (exact) mass is 199 g/mol. The van der Waals surface area contributed by atoms with Crippen molar-refractivity contribution >= 4 is 5.91 Å². The van der Waals surface area contributed by atoms with Crippen molar-refractivity contribution in [1.82, 2.24) is 10.3 Å². The third kappa shape index (κ3) is 2.45. The van der Waals surface area contributed by atoms with Crippen LogP contribution < -0.4 is 11.3 Å². The summed E-state index contributed by atoms with van der Waals surface area (Å²) in [4.78, 5) is 13.6. The summed E-state index contributed by atoms with van der Waals surface area (Å²) >= 11 is 0. The number of carbonyl (C=O) groups is 1. The summed E-state index contributed by atoms with van der Waals surface area (Å²) in [6.45, 7) is 7.31. The lowest BCUT2D eigenvalue weighted by molar-refractivity contribution is -0.127. The normalized spacial score (nSPS) is 31.1. The lowest BCUT2D eigenvalue weighted by Crippen LogP contribution is -2.53. The molecule has 0 aliphatic carbocycles. The van der Waals surface area contributed by atoms with E-state index in [0.29, 0.717) is 12.0 Å². The number of rotatable bonds is 2. The highest BCUT2D eigenvalue weighted by atomic mass is 16.2. The number of hydrazine groups is 1. The molecule has 0 aromatic carbocycles. The van der Waals surface area contributed by atoms with E-state index in [-0.39, 0.29) is 11.9 Å². The Hall–Kier alpha value is -0.610. The molecule has 0 bridgehead atoms. The van der Waals surface area contributed by atoms with Crippen LogP contribution in [0.15, 0.2) is 0 Å². The molecule has 4 nitrogen and oxygen atoms in total. The van der Waals surface area contributed by atoms with Gasteiger partial charge in [0.15, 0.2) is 0 Å². The Balaban J connectivity index is 2.59. The van der Waals surface area contributed by atoms with Crippen LogP contribution in [0.2, 0.25) is 0 Å². The lowest BCUT2D eigenvalue weighted by atomic mass is 9.93. The van der Waals surface area contributed by atoms with Gasteiger partial charge < -0.3 is 0 Å². The molecule has 1 aliphatic heterocycles. The van der Waals surface area contributed by atoms with Gasteiger partial charge in [0.1, 0.15) is 0 Å². The average molecular weight is 199 g/mol. The lowest BCUT2D eigenvalue weighted by Gasteiger charge is -2.39. The number of nitrogens with one attached hydrogen (secondary N) is 1. The van der Waals surface area contributed by atoms with E-state index < -0.39 is 0 Å². The van der Waals surface area contributed by atoms with Gasteiger partial charge in [-0.1, -0.05) is 6.92 Å². The molecule has 1 saturated heterocycles. The predicted molar refractivity (Wildman–Crippen MR) is 56.4 cm³/mol. The zero-order valence-corrected chi connectivity index (χ0v) is 9.29. The predicted octanol–water partition coefficient (Wildman–Crippen LogP) is 0.485. The quantitative estimate of drug-likeness (QED) is 0.386. The van der Waals surface area contributed by atoms with Crippen LogP contribution >= 0.6 is 0 Å². The molecule has 0 spiro atoms. The smallest absolute Gasteiger partial charge is 0.250 e. The van der Waals surface area contributed by atoms with Gasteiger partial charge in [0.2, 0.25) is 0 Å². The van der Waals surface area contributed by atoms with E-state index in [2.05, 4.69) is 24.2 Å². The number of amides is 1. The van der Waals surface area contributed by atoms with Gasteiger partial charge in [0.05, 0.1) is 6.04 Å². The van der Waals surface area contributed by atoms with E-state index >= 15 is 0 Å². The molecule has 3 atom stereocenters. The molecule has 1 aliphatic rings. The molecule has 14 heavy (non-hydrogen) atoms. The van der Waals surface area contributed by atoms with Crippen molar-refractivity contribution in [3.8, 4) is 0 Å². The van der Waals surface area contributed by atoms with Crippen LogP contribution in [0.1, 0.15) is 33.6 Å². The van der Waals surface area contributed by atoms with Crippen molar-refractivity contribution < 1.29 is 4.79 Å². The summed E-state index contributed by atoms with van der Waals surface area (Å²) in [6, 6.07) is 0.372. The molecular weight excluding hydrogens is 178 g/mol. The van der Waals surface area contributed by atoms with Gasteiger partial charge >= 0.3 is 0 Å². The van der Waals surface area contributed by atoms with Crippen molar-refractivity contribution in [2.45, 2.75) is 45.7 Å². The van der Waals surface area contributed by atoms with Crippen LogP contribution in [-0.4, -0.2) is 29.4 Å². The fraction of sp³-hybridized carbons (Fsp3) is 0.900. The van der Waals surface area contributed by atoms with Crippen LogP contribution in [0.3, 0.4) is 0 Å². The minimum atomic E-state index is -0.113. The van der Waals surface area contributed by atoms with Crippen LogP contribution in [0.5, 0.6) is 0 Å². The third-order valence-electron chi connectivity index (χ3n) is 3.19. The summed E-state index contributed by atoms with van der Waals surface area (Å²) in [6.07, 6.45) is 2.43. The highest BCUT2D eigenvalue weighted by Gasteiger charge is 2.29. The van der Waals surface area contributed by atoms with Crippen LogP contribution in [0.25, 0.3) is 0 Å². The molecule has 82 valence electrons. The van der Waals surface area contributed by atoms with Crippen molar-refractivity contribution in [2.75, 3.05) is 6.54 Å². The Labute approximate surface area is 85.8 Å². The topological polar surface area (TPSA) is 58.4 Å². The van der Waals surface area contributed by atoms with Crippen LogP contribution in [0, 0.1) is 5.92 Å². The first-order valence-corrected chi connectivity index (χ1v) is 5.32. The summed E-state index contributed by atoms with van der Waals surface area (Å²) in [5.41, 5.74) is 2.22. The van der Waals surface area contributed by atoms with Crippen molar-refractivity contribution in [2.24, 2.45) is 11.8 Å². The molecule has 0 aromatic rings. The highest BCUT2D eigenvalue weighted by molar-refractivity contribution is 5.80. The fourth-order valence-electron chi connectivity index (χ4n) is 2.13. The van der Waals surface area contributed by atoms with Gasteiger partial charge in [-0.3, -0.25) is 15.1 Å². The average Bonchev–Trinajstić information content (AvgIpc) is 2.19. The first-order valence-electron chi connectivity index (χ1n) is 5.32. The molecule has 0 radical (unpaired) electrons. The van der Waals surface area contributed by atoms with Crippen molar-refractivity contribution in [3.63, 3.8) is 0 Å². The molecular formula is C10H21N3O. The molecule has 1 fully saturated rings. The summed E-state index contributed by atoms with van der Waals surface area (Å²) in [7, 11) is 0. The van der Waals surface area contributed by atoms with Crippen LogP contribution in [0.4, 0.5) is 0 Å². The second-order valence-electron chi connectivity index (χ2n) is 4.41. The summed E-state index contributed by atoms with van der Waals surface area (Å²) in [5, 5.41) is 0. The van der Waals surface area contributed by atoms with E-state index in [1.54, 1.807) is 0 Å². The number of hydrogen-bond donors (Lipinski definition) is 2. The molecule has 4 heteroatoms. The van der Waals surface area contributed by atoms with Gasteiger partial charge in [-0.25, -0.2) is 5.84 Å². The van der Waals surface area contributed by atoms with Crippen LogP contribution in [-0.2, 0) is 4.79 Å². The summed E-state index contributed by atoms with van der Waals surface area (Å²) < 4.78 is 0. The third-order valence-corrected chi connectivity index (χ3v) is 3.19. The second kappa shape index (κ2) is 4.75. The molecule has 1 heterocycles.